The molecule has 1 amide bonds. The van der Waals surface area contributed by atoms with Gasteiger partial charge in [0.2, 0.25) is 5.91 Å². The fourth-order valence-electron chi connectivity index (χ4n) is 3.15. The fraction of sp³-hybridized carbons (Fsp3) is 0.556. The zero-order valence-corrected chi connectivity index (χ0v) is 16.5. The van der Waals surface area contributed by atoms with Crippen LogP contribution < -0.4 is 5.32 Å². The largest absolute Gasteiger partial charge is 0.375 e. The first-order chi connectivity index (χ1) is 12.5. The molecule has 7 nitrogen and oxygen atoms in total. The highest BCUT2D eigenvalue weighted by Crippen LogP contribution is 2.31. The Morgan fingerprint density at radius 2 is 2.12 bits per heavy atom. The van der Waals surface area contributed by atoms with Crippen LogP contribution in [0.1, 0.15) is 47.4 Å². The van der Waals surface area contributed by atoms with Crippen molar-refractivity contribution in [2.75, 3.05) is 25.6 Å². The molecule has 8 heteroatoms. The zero-order valence-electron chi connectivity index (χ0n) is 15.7. The molecule has 2 aromatic rings. The lowest BCUT2D eigenvalue weighted by Crippen LogP contribution is -2.41. The van der Waals surface area contributed by atoms with Crippen LogP contribution in [0.5, 0.6) is 0 Å². The number of methoxy groups -OCH3 is 1. The summed E-state index contributed by atoms with van der Waals surface area (Å²) in [6.07, 6.45) is 2.93. The third kappa shape index (κ3) is 4.19. The first-order valence-corrected chi connectivity index (χ1v) is 9.64. The van der Waals surface area contributed by atoms with Gasteiger partial charge in [0.15, 0.2) is 11.0 Å². The van der Waals surface area contributed by atoms with Crippen LogP contribution >= 0.6 is 11.3 Å². The van der Waals surface area contributed by atoms with Crippen LogP contribution in [-0.4, -0.2) is 46.0 Å². The fourth-order valence-corrected chi connectivity index (χ4v) is 3.97. The van der Waals surface area contributed by atoms with E-state index in [4.69, 9.17) is 9.72 Å². The van der Waals surface area contributed by atoms with E-state index in [-0.39, 0.29) is 18.6 Å². The minimum atomic E-state index is -0.105. The number of piperidine rings is 1. The van der Waals surface area contributed by atoms with Gasteiger partial charge in [-0.3, -0.25) is 4.79 Å². The third-order valence-electron chi connectivity index (χ3n) is 4.52. The van der Waals surface area contributed by atoms with Crippen LogP contribution in [0.15, 0.2) is 6.07 Å². The molecule has 26 heavy (non-hydrogen) atoms. The number of rotatable bonds is 5. The summed E-state index contributed by atoms with van der Waals surface area (Å²) in [4.78, 5) is 29.3. The van der Waals surface area contributed by atoms with Gasteiger partial charge in [-0.15, -0.1) is 11.3 Å². The lowest BCUT2D eigenvalue weighted by Gasteiger charge is -2.34. The number of carbonyl (C=O) groups is 1. The molecule has 0 radical (unpaired) electrons. The molecule has 0 saturated carbocycles. The van der Waals surface area contributed by atoms with Gasteiger partial charge in [-0.05, 0) is 40.0 Å². The van der Waals surface area contributed by atoms with E-state index in [0.29, 0.717) is 11.6 Å². The number of nitrogens with zero attached hydrogens (tertiary/aromatic N) is 4. The number of aryl methyl sites for hydroxylation is 3. The molecule has 1 aliphatic rings. The molecule has 1 aliphatic heterocycles. The number of hydrogen-bond donors (Lipinski definition) is 1. The average Bonchev–Trinajstić information content (AvgIpc) is 2.92. The van der Waals surface area contributed by atoms with E-state index in [2.05, 4.69) is 22.2 Å². The lowest BCUT2D eigenvalue weighted by atomic mass is 10.0. The standard InChI is InChI=1S/C18H25N5O2S/c1-11-9-15(22-18-20-12(2)13(3)26-18)21-17(19-11)14-7-5-6-8-23(14)16(24)10-25-4/h9,14H,5-8,10H2,1-4H3,(H,19,20,21,22)/t14-/m1/s1. The van der Waals surface area contributed by atoms with Gasteiger partial charge in [-0.1, -0.05) is 0 Å². The van der Waals surface area contributed by atoms with Crippen molar-refractivity contribution in [1.82, 2.24) is 19.9 Å². The molecule has 0 unspecified atom stereocenters. The van der Waals surface area contributed by atoms with Crippen molar-refractivity contribution in [2.45, 2.75) is 46.1 Å². The molecule has 0 aliphatic carbocycles. The molecule has 1 atom stereocenters. The number of nitrogens with one attached hydrogen (secondary N) is 1. The Hall–Kier alpha value is -2.06. The topological polar surface area (TPSA) is 80.2 Å². The van der Waals surface area contributed by atoms with Gasteiger partial charge in [0.25, 0.3) is 0 Å². The molecule has 1 saturated heterocycles. The number of carbonyl (C=O) groups excluding carboxylic acids is 1. The Morgan fingerprint density at radius 1 is 1.31 bits per heavy atom. The second-order valence-corrected chi connectivity index (χ2v) is 7.77. The Balaban J connectivity index is 1.86. The van der Waals surface area contributed by atoms with Gasteiger partial charge in [-0.25, -0.2) is 15.0 Å². The maximum Gasteiger partial charge on any atom is 0.249 e. The summed E-state index contributed by atoms with van der Waals surface area (Å²) in [5.74, 6) is 1.38. The van der Waals surface area contributed by atoms with Gasteiger partial charge in [0, 0.05) is 30.3 Å². The number of aromatic nitrogens is 3. The Bertz CT molecular complexity index is 772. The predicted octanol–water partition coefficient (Wildman–Crippen LogP) is 3.30. The van der Waals surface area contributed by atoms with Crippen LogP contribution in [0.25, 0.3) is 0 Å². The monoisotopic (exact) mass is 375 g/mol. The van der Waals surface area contributed by atoms with Gasteiger partial charge in [0.05, 0.1) is 11.7 Å². The van der Waals surface area contributed by atoms with Crippen molar-refractivity contribution >= 4 is 28.2 Å². The molecular weight excluding hydrogens is 350 g/mol. The predicted molar refractivity (Wildman–Crippen MR) is 102 cm³/mol. The van der Waals surface area contributed by atoms with Crippen LogP contribution in [0.3, 0.4) is 0 Å². The van der Waals surface area contributed by atoms with E-state index < -0.39 is 0 Å². The van der Waals surface area contributed by atoms with Gasteiger partial charge >= 0.3 is 0 Å². The maximum absolute atomic E-state index is 12.4. The van der Waals surface area contributed by atoms with Crippen molar-refractivity contribution in [3.63, 3.8) is 0 Å². The summed E-state index contributed by atoms with van der Waals surface area (Å²) < 4.78 is 5.03. The Morgan fingerprint density at radius 3 is 2.81 bits per heavy atom. The summed E-state index contributed by atoms with van der Waals surface area (Å²) in [5.41, 5.74) is 1.89. The van der Waals surface area contributed by atoms with Crippen LogP contribution in [-0.2, 0) is 9.53 Å². The molecule has 1 N–H and O–H groups in total. The van der Waals surface area contributed by atoms with Gasteiger partial charge in [-0.2, -0.15) is 0 Å². The Labute approximate surface area is 157 Å². The molecule has 3 heterocycles. The van der Waals surface area contributed by atoms with E-state index in [9.17, 15) is 4.79 Å². The smallest absolute Gasteiger partial charge is 0.249 e. The van der Waals surface area contributed by atoms with Gasteiger partial charge in [0.1, 0.15) is 12.4 Å². The van der Waals surface area contributed by atoms with Crippen LogP contribution in [0, 0.1) is 20.8 Å². The van der Waals surface area contributed by atoms with Crippen molar-refractivity contribution < 1.29 is 9.53 Å². The normalized spacial score (nSPS) is 17.4. The quantitative estimate of drug-likeness (QED) is 0.864. The summed E-state index contributed by atoms with van der Waals surface area (Å²) in [5, 5.41) is 4.10. The zero-order chi connectivity index (χ0) is 18.7. The lowest BCUT2D eigenvalue weighted by molar-refractivity contribution is -0.139. The molecule has 0 spiro atoms. The summed E-state index contributed by atoms with van der Waals surface area (Å²) in [6, 6.07) is 1.80. The van der Waals surface area contributed by atoms with E-state index in [1.807, 2.05) is 24.8 Å². The molecule has 0 aromatic carbocycles. The highest BCUT2D eigenvalue weighted by molar-refractivity contribution is 7.15. The minimum Gasteiger partial charge on any atom is -0.375 e. The summed E-state index contributed by atoms with van der Waals surface area (Å²) in [6.45, 7) is 6.80. The number of hydrogen-bond acceptors (Lipinski definition) is 7. The van der Waals surface area contributed by atoms with Crippen molar-refractivity contribution in [1.29, 1.82) is 0 Å². The number of likely N-dealkylation sites (tertiary alicyclic amines) is 1. The first kappa shape index (κ1) is 18.7. The summed E-state index contributed by atoms with van der Waals surface area (Å²) >= 11 is 1.60. The maximum atomic E-state index is 12.4. The van der Waals surface area contributed by atoms with Crippen LogP contribution in [0.4, 0.5) is 10.9 Å². The second kappa shape index (κ2) is 8.09. The molecule has 3 rings (SSSR count). The number of amides is 1. The third-order valence-corrected chi connectivity index (χ3v) is 5.51. The number of thiazole rings is 1. The Kier molecular flexibility index (Phi) is 5.83. The van der Waals surface area contributed by atoms with Crippen molar-refractivity contribution in [3.05, 3.63) is 28.2 Å². The van der Waals surface area contributed by atoms with Gasteiger partial charge < -0.3 is 15.0 Å². The molecular formula is C18H25N5O2S. The number of ether oxygens (including phenoxy) is 1. The van der Waals surface area contributed by atoms with Crippen molar-refractivity contribution in [2.24, 2.45) is 0 Å². The van der Waals surface area contributed by atoms with E-state index in [1.165, 1.54) is 4.88 Å². The first-order valence-electron chi connectivity index (χ1n) is 8.83. The molecule has 140 valence electrons. The van der Waals surface area contributed by atoms with E-state index >= 15 is 0 Å². The van der Waals surface area contributed by atoms with Crippen LogP contribution in [0.2, 0.25) is 0 Å². The van der Waals surface area contributed by atoms with E-state index in [1.54, 1.807) is 18.4 Å². The average molecular weight is 375 g/mol. The highest BCUT2D eigenvalue weighted by Gasteiger charge is 2.30. The molecule has 2 aromatic heterocycles. The number of anilines is 2. The highest BCUT2D eigenvalue weighted by atomic mass is 32.1. The molecule has 1 fully saturated rings. The molecule has 0 bridgehead atoms. The summed E-state index contributed by atoms with van der Waals surface area (Å²) in [7, 11) is 1.54. The van der Waals surface area contributed by atoms with E-state index in [0.717, 1.165) is 42.3 Å². The van der Waals surface area contributed by atoms with Crippen molar-refractivity contribution in [3.8, 4) is 0 Å². The minimum absolute atomic E-state index is 0.0111. The SMILES string of the molecule is COCC(=O)N1CCCC[C@@H]1c1nc(C)cc(Nc2nc(C)c(C)s2)n1. The second-order valence-electron chi connectivity index (χ2n) is 6.57.